The van der Waals surface area contributed by atoms with Crippen LogP contribution < -0.4 is 29.6 Å². The Bertz CT molecular complexity index is 524. The molecule has 0 aliphatic rings. The minimum Gasteiger partial charge on any atom is -1.00 e. The molecular weight excluding hydrogens is 395 g/mol. The minimum atomic E-state index is -5.14. The summed E-state index contributed by atoms with van der Waals surface area (Å²) in [5.41, 5.74) is 0. The van der Waals surface area contributed by atoms with E-state index in [1.54, 1.807) is 6.92 Å². The molecule has 154 valence electrons. The molecule has 0 radical (unpaired) electrons. The van der Waals surface area contributed by atoms with E-state index in [1.807, 2.05) is 0 Å². The summed E-state index contributed by atoms with van der Waals surface area (Å²) in [7, 11) is -10.3. The fourth-order valence-corrected chi connectivity index (χ4v) is 4.96. The van der Waals surface area contributed by atoms with Crippen LogP contribution in [0.25, 0.3) is 0 Å². The molecule has 0 aromatic carbocycles. The predicted molar refractivity (Wildman–Crippen MR) is 96.6 cm³/mol. The van der Waals surface area contributed by atoms with Gasteiger partial charge >= 0.3 is 29.6 Å². The van der Waals surface area contributed by atoms with Gasteiger partial charge < -0.3 is 11.3 Å². The fourth-order valence-electron chi connectivity index (χ4n) is 2.66. The van der Waals surface area contributed by atoms with Crippen LogP contribution in [0.2, 0.25) is 0 Å². The van der Waals surface area contributed by atoms with E-state index in [9.17, 15) is 21.9 Å². The monoisotopic (exact) mass is 428 g/mol. The van der Waals surface area contributed by atoms with Crippen molar-refractivity contribution in [3.63, 3.8) is 0 Å². The molecule has 8 nitrogen and oxygen atoms in total. The van der Waals surface area contributed by atoms with Gasteiger partial charge in [-0.1, -0.05) is 58.3 Å². The molecule has 0 aromatic heterocycles. The number of ether oxygens (including phenoxy) is 1. The third-order valence-corrected chi connectivity index (χ3v) is 7.18. The van der Waals surface area contributed by atoms with Gasteiger partial charge in [0.25, 0.3) is 20.2 Å². The van der Waals surface area contributed by atoms with Gasteiger partial charge in [-0.25, -0.2) is 0 Å². The van der Waals surface area contributed by atoms with E-state index in [0.717, 1.165) is 25.7 Å². The first-order valence-electron chi connectivity index (χ1n) is 8.73. The van der Waals surface area contributed by atoms with Gasteiger partial charge in [-0.2, -0.15) is 16.8 Å². The van der Waals surface area contributed by atoms with Crippen molar-refractivity contribution in [2.75, 3.05) is 6.61 Å². The van der Waals surface area contributed by atoms with Gasteiger partial charge in [0.05, 0.1) is 12.7 Å². The van der Waals surface area contributed by atoms with Crippen LogP contribution >= 0.6 is 0 Å². The second-order valence-electron chi connectivity index (χ2n) is 6.33. The van der Waals surface area contributed by atoms with E-state index in [4.69, 9.17) is 13.8 Å². The van der Waals surface area contributed by atoms with E-state index >= 15 is 0 Å². The molecule has 0 bridgehead atoms. The molecule has 0 saturated heterocycles. The van der Waals surface area contributed by atoms with Crippen LogP contribution in [0.5, 0.6) is 0 Å². The first-order valence-corrected chi connectivity index (χ1v) is 11.7. The van der Waals surface area contributed by atoms with Crippen molar-refractivity contribution in [2.45, 2.75) is 88.4 Å². The van der Waals surface area contributed by atoms with Crippen LogP contribution in [0.3, 0.4) is 0 Å². The van der Waals surface area contributed by atoms with E-state index in [0.29, 0.717) is 6.42 Å². The van der Waals surface area contributed by atoms with Crippen molar-refractivity contribution in [1.82, 2.24) is 0 Å². The molecule has 3 N–H and O–H groups in total. The average molecular weight is 429 g/mol. The Morgan fingerprint density at radius 3 is 1.69 bits per heavy atom. The molecule has 2 atom stereocenters. The summed E-state index contributed by atoms with van der Waals surface area (Å²) in [4.78, 5) is 0. The maximum atomic E-state index is 11.2. The predicted octanol–water partition coefficient (Wildman–Crippen LogP) is -0.499. The topological polar surface area (TPSA) is 138 Å². The van der Waals surface area contributed by atoms with Crippen LogP contribution in [0, 0.1) is 0 Å². The molecule has 0 spiro atoms. The summed E-state index contributed by atoms with van der Waals surface area (Å²) in [6.45, 7) is 2.82. The zero-order valence-corrected chi connectivity index (χ0v) is 19.6. The van der Waals surface area contributed by atoms with Gasteiger partial charge in [-0.3, -0.25) is 9.11 Å². The molecule has 2 unspecified atom stereocenters. The van der Waals surface area contributed by atoms with Gasteiger partial charge in [-0.15, -0.1) is 0 Å². The standard InChI is InChI=1S/C15H32O8S2.Na.H/c1-3-4-5-6-7-8-9-10-11-13(2)23-14(12-16)15(24(17,18)19)25(20,21)22;;/h13-16H,3-12H2,1-2H3,(H,17,18,19)(H,20,21,22);;/q;+1;-1. The molecule has 0 saturated carbocycles. The normalized spacial score (nSPS) is 14.8. The number of aliphatic hydroxyl groups is 1. The summed E-state index contributed by atoms with van der Waals surface area (Å²) in [5, 5.41) is 9.21. The van der Waals surface area contributed by atoms with Crippen molar-refractivity contribution in [2.24, 2.45) is 0 Å². The second-order valence-corrected chi connectivity index (χ2v) is 9.70. The van der Waals surface area contributed by atoms with E-state index in [-0.39, 0.29) is 31.0 Å². The molecule has 11 heteroatoms. The average Bonchev–Trinajstić information content (AvgIpc) is 2.46. The van der Waals surface area contributed by atoms with Crippen LogP contribution in [-0.2, 0) is 25.0 Å². The Kier molecular flexibility index (Phi) is 16.4. The van der Waals surface area contributed by atoms with Crippen molar-refractivity contribution in [3.05, 3.63) is 0 Å². The quantitative estimate of drug-likeness (QED) is 0.180. The summed E-state index contributed by atoms with van der Waals surface area (Å²) in [6, 6.07) is 0. The molecule has 0 aliphatic heterocycles. The third-order valence-electron chi connectivity index (χ3n) is 3.94. The fraction of sp³-hybridized carbons (Fsp3) is 1.00. The number of hydrogen-bond donors (Lipinski definition) is 3. The van der Waals surface area contributed by atoms with Gasteiger partial charge in [0, 0.05) is 0 Å². The summed E-state index contributed by atoms with van der Waals surface area (Å²) in [5.74, 6) is 0. The molecule has 0 rings (SSSR count). The van der Waals surface area contributed by atoms with E-state index < -0.39 is 43.6 Å². The van der Waals surface area contributed by atoms with Crippen molar-refractivity contribution < 1.29 is 66.8 Å². The maximum absolute atomic E-state index is 11.2. The molecule has 0 fully saturated rings. The Morgan fingerprint density at radius 1 is 0.885 bits per heavy atom. The largest absolute Gasteiger partial charge is 1.00 e. The first kappa shape index (κ1) is 28.9. The van der Waals surface area contributed by atoms with Gasteiger partial charge in [0.1, 0.15) is 6.10 Å². The Labute approximate surface area is 181 Å². The molecular formula is C15H33NaO8S2. The third kappa shape index (κ3) is 13.0. The molecule has 0 heterocycles. The number of aliphatic hydroxyl groups excluding tert-OH is 1. The van der Waals surface area contributed by atoms with Gasteiger partial charge in [0.2, 0.25) is 4.58 Å². The maximum Gasteiger partial charge on any atom is 1.00 e. The van der Waals surface area contributed by atoms with Crippen LogP contribution in [0.15, 0.2) is 0 Å². The Balaban J connectivity index is -0.00000288. The Morgan fingerprint density at radius 2 is 1.31 bits per heavy atom. The Hall–Kier alpha value is 0.740. The first-order chi connectivity index (χ1) is 11.5. The zero-order chi connectivity index (χ0) is 19.5. The molecule has 0 aromatic rings. The molecule has 0 aliphatic carbocycles. The smallest absolute Gasteiger partial charge is 1.00 e. The van der Waals surface area contributed by atoms with Crippen LogP contribution in [-0.4, -0.2) is 54.4 Å². The van der Waals surface area contributed by atoms with E-state index in [2.05, 4.69) is 6.92 Å². The van der Waals surface area contributed by atoms with Gasteiger partial charge in [-0.05, 0) is 13.3 Å². The number of unbranched alkanes of at least 4 members (excludes halogenated alkanes) is 7. The minimum absolute atomic E-state index is 0. The second kappa shape index (κ2) is 14.7. The summed E-state index contributed by atoms with van der Waals surface area (Å²) >= 11 is 0. The van der Waals surface area contributed by atoms with Crippen molar-refractivity contribution in [1.29, 1.82) is 0 Å². The van der Waals surface area contributed by atoms with Crippen LogP contribution in [0.1, 0.15) is 73.1 Å². The summed E-state index contributed by atoms with van der Waals surface area (Å²) in [6.07, 6.45) is 7.19. The SMILES string of the molecule is CCCCCCCCCCC(C)OC(CO)C(S(=O)(=O)O)S(=O)(=O)O.[H-].[Na+]. The van der Waals surface area contributed by atoms with Crippen molar-refractivity contribution in [3.8, 4) is 0 Å². The van der Waals surface area contributed by atoms with Gasteiger partial charge in [0.15, 0.2) is 0 Å². The molecule has 0 amide bonds. The van der Waals surface area contributed by atoms with E-state index in [1.165, 1.54) is 25.7 Å². The molecule has 26 heavy (non-hydrogen) atoms. The number of hydrogen-bond acceptors (Lipinski definition) is 6. The summed E-state index contributed by atoms with van der Waals surface area (Å²) < 4.78 is 65.4. The van der Waals surface area contributed by atoms with Crippen molar-refractivity contribution >= 4 is 20.2 Å². The zero-order valence-electron chi connectivity index (χ0n) is 17.0. The van der Waals surface area contributed by atoms with Crippen LogP contribution in [0.4, 0.5) is 0 Å². The number of rotatable bonds is 15.